The van der Waals surface area contributed by atoms with Crippen LogP contribution in [0, 0.1) is 17.0 Å². The normalized spacial score (nSPS) is 10.2. The summed E-state index contributed by atoms with van der Waals surface area (Å²) in [6.45, 7) is 1.62. The highest BCUT2D eigenvalue weighted by Crippen LogP contribution is 2.24. The molecule has 2 aromatic rings. The third kappa shape index (κ3) is 2.68. The van der Waals surface area contributed by atoms with E-state index in [4.69, 9.17) is 9.52 Å². The van der Waals surface area contributed by atoms with Crippen molar-refractivity contribution in [2.45, 2.75) is 6.92 Å². The number of rotatable bonds is 4. The number of aromatic nitrogens is 1. The number of nitrogens with zero attached hydrogens (tertiary/aromatic N) is 2. The van der Waals surface area contributed by atoms with Crippen LogP contribution in [0.25, 0.3) is 0 Å². The van der Waals surface area contributed by atoms with Crippen molar-refractivity contribution in [3.05, 3.63) is 45.8 Å². The standard InChI is InChI=1S/C11H9N3O5/c1-6-2-3-7(4-9(6)14(17)18)12-11-13-8(5-19-11)10(15)16/h2-5H,1H3,(H,12,13)(H,15,16). The third-order valence-electron chi connectivity index (χ3n) is 2.38. The summed E-state index contributed by atoms with van der Waals surface area (Å²) in [6.07, 6.45) is 0.979. The predicted octanol–water partition coefficient (Wildman–Crippen LogP) is 2.33. The molecule has 8 nitrogen and oxygen atoms in total. The van der Waals surface area contributed by atoms with Crippen LogP contribution in [0.3, 0.4) is 0 Å². The average Bonchev–Trinajstić information content (AvgIpc) is 2.80. The van der Waals surface area contributed by atoms with Crippen LogP contribution >= 0.6 is 0 Å². The van der Waals surface area contributed by atoms with E-state index in [1.807, 2.05) is 0 Å². The van der Waals surface area contributed by atoms with Crippen molar-refractivity contribution in [2.24, 2.45) is 0 Å². The molecule has 0 saturated heterocycles. The molecule has 0 saturated carbocycles. The fourth-order valence-corrected chi connectivity index (χ4v) is 1.44. The number of benzene rings is 1. The Kier molecular flexibility index (Phi) is 3.15. The summed E-state index contributed by atoms with van der Waals surface area (Å²) in [6, 6.07) is 4.45. The van der Waals surface area contributed by atoms with E-state index in [2.05, 4.69) is 10.3 Å². The summed E-state index contributed by atoms with van der Waals surface area (Å²) in [5.41, 5.74) is 0.615. The van der Waals surface area contributed by atoms with Gasteiger partial charge in [0.2, 0.25) is 0 Å². The molecule has 8 heteroatoms. The summed E-state index contributed by atoms with van der Waals surface area (Å²) in [5, 5.41) is 22.1. The molecule has 2 rings (SSSR count). The Morgan fingerprint density at radius 3 is 2.84 bits per heavy atom. The van der Waals surface area contributed by atoms with E-state index >= 15 is 0 Å². The van der Waals surface area contributed by atoms with Gasteiger partial charge in [-0.2, -0.15) is 4.98 Å². The topological polar surface area (TPSA) is 118 Å². The van der Waals surface area contributed by atoms with Gasteiger partial charge in [0, 0.05) is 17.3 Å². The molecule has 0 amide bonds. The minimum Gasteiger partial charge on any atom is -0.476 e. The van der Waals surface area contributed by atoms with Crippen LogP contribution in [-0.2, 0) is 0 Å². The van der Waals surface area contributed by atoms with Crippen molar-refractivity contribution in [3.63, 3.8) is 0 Å². The van der Waals surface area contributed by atoms with Crippen LogP contribution in [0.1, 0.15) is 16.1 Å². The smallest absolute Gasteiger partial charge is 0.357 e. The largest absolute Gasteiger partial charge is 0.476 e. The average molecular weight is 263 g/mol. The molecule has 2 N–H and O–H groups in total. The lowest BCUT2D eigenvalue weighted by Crippen LogP contribution is -1.98. The molecule has 0 radical (unpaired) electrons. The highest BCUT2D eigenvalue weighted by atomic mass is 16.6. The molecule has 0 unspecified atom stereocenters. The monoisotopic (exact) mass is 263 g/mol. The first-order valence-corrected chi connectivity index (χ1v) is 5.18. The molecule has 0 fully saturated rings. The Balaban J connectivity index is 2.25. The maximum absolute atomic E-state index is 10.8. The van der Waals surface area contributed by atoms with E-state index in [1.165, 1.54) is 6.07 Å². The van der Waals surface area contributed by atoms with Crippen molar-refractivity contribution < 1.29 is 19.2 Å². The quantitative estimate of drug-likeness (QED) is 0.641. The first-order chi connectivity index (χ1) is 8.97. The van der Waals surface area contributed by atoms with E-state index in [1.54, 1.807) is 19.1 Å². The van der Waals surface area contributed by atoms with Gasteiger partial charge in [-0.15, -0.1) is 0 Å². The zero-order valence-electron chi connectivity index (χ0n) is 9.78. The van der Waals surface area contributed by atoms with Gasteiger partial charge in [0.15, 0.2) is 5.69 Å². The molecule has 0 bridgehead atoms. The first-order valence-electron chi connectivity index (χ1n) is 5.18. The first kappa shape index (κ1) is 12.6. The molecule has 1 aromatic carbocycles. The molecular weight excluding hydrogens is 254 g/mol. The molecule has 0 atom stereocenters. The number of hydrogen-bond acceptors (Lipinski definition) is 6. The van der Waals surface area contributed by atoms with E-state index < -0.39 is 10.9 Å². The lowest BCUT2D eigenvalue weighted by atomic mass is 10.2. The Bertz CT molecular complexity index is 650. The second kappa shape index (κ2) is 4.77. The molecule has 0 aliphatic heterocycles. The number of nitro benzene ring substituents is 1. The predicted molar refractivity (Wildman–Crippen MR) is 64.6 cm³/mol. The van der Waals surface area contributed by atoms with Crippen LogP contribution in [0.15, 0.2) is 28.9 Å². The van der Waals surface area contributed by atoms with Crippen LogP contribution in [0.5, 0.6) is 0 Å². The Morgan fingerprint density at radius 1 is 1.53 bits per heavy atom. The maximum Gasteiger partial charge on any atom is 0.357 e. The number of carboxylic acid groups (broad SMARTS) is 1. The van der Waals surface area contributed by atoms with Crippen LogP contribution in [-0.4, -0.2) is 21.0 Å². The van der Waals surface area contributed by atoms with E-state index in [0.717, 1.165) is 6.26 Å². The van der Waals surface area contributed by atoms with Crippen molar-refractivity contribution in [1.29, 1.82) is 0 Å². The van der Waals surface area contributed by atoms with Crippen LogP contribution in [0.4, 0.5) is 17.4 Å². The third-order valence-corrected chi connectivity index (χ3v) is 2.38. The van der Waals surface area contributed by atoms with E-state index in [9.17, 15) is 14.9 Å². The molecule has 0 spiro atoms. The summed E-state index contributed by atoms with van der Waals surface area (Å²) < 4.78 is 4.89. The van der Waals surface area contributed by atoms with Crippen molar-refractivity contribution >= 4 is 23.4 Å². The number of hydrogen-bond donors (Lipinski definition) is 2. The lowest BCUT2D eigenvalue weighted by molar-refractivity contribution is -0.385. The van der Waals surface area contributed by atoms with Gasteiger partial charge >= 0.3 is 5.97 Å². The molecule has 0 aliphatic carbocycles. The molecule has 1 heterocycles. The highest BCUT2D eigenvalue weighted by Gasteiger charge is 2.13. The number of anilines is 2. The van der Waals surface area contributed by atoms with Gasteiger partial charge in [0.05, 0.1) is 4.92 Å². The van der Waals surface area contributed by atoms with Crippen molar-refractivity contribution in [3.8, 4) is 0 Å². The maximum atomic E-state index is 10.8. The number of oxazole rings is 1. The van der Waals surface area contributed by atoms with Gasteiger partial charge < -0.3 is 14.8 Å². The molecule has 1 aromatic heterocycles. The minimum absolute atomic E-state index is 0.0458. The van der Waals surface area contributed by atoms with Gasteiger partial charge in [0.1, 0.15) is 6.26 Å². The van der Waals surface area contributed by atoms with Crippen molar-refractivity contribution in [1.82, 2.24) is 4.98 Å². The molecule has 0 aliphatic rings. The zero-order valence-corrected chi connectivity index (χ0v) is 9.78. The Morgan fingerprint density at radius 2 is 2.26 bits per heavy atom. The summed E-state index contributed by atoms with van der Waals surface area (Å²) in [5.74, 6) is -1.22. The van der Waals surface area contributed by atoms with Gasteiger partial charge in [-0.25, -0.2) is 4.79 Å². The number of nitrogens with one attached hydrogen (secondary N) is 1. The second-order valence-corrected chi connectivity index (χ2v) is 3.73. The SMILES string of the molecule is Cc1ccc(Nc2nc(C(=O)O)co2)cc1[N+](=O)[O-]. The second-order valence-electron chi connectivity index (χ2n) is 3.73. The van der Waals surface area contributed by atoms with Crippen LogP contribution < -0.4 is 5.32 Å². The van der Waals surface area contributed by atoms with E-state index in [-0.39, 0.29) is 17.4 Å². The molecular formula is C11H9N3O5. The summed E-state index contributed by atoms with van der Waals surface area (Å²) in [7, 11) is 0. The molecule has 98 valence electrons. The van der Waals surface area contributed by atoms with Crippen molar-refractivity contribution in [2.75, 3.05) is 5.32 Å². The highest BCUT2D eigenvalue weighted by molar-refractivity contribution is 5.85. The lowest BCUT2D eigenvalue weighted by Gasteiger charge is -2.02. The van der Waals surface area contributed by atoms with Gasteiger partial charge in [0.25, 0.3) is 11.7 Å². The number of aromatic carboxylic acids is 1. The number of carbonyl (C=O) groups is 1. The number of carboxylic acids is 1. The van der Waals surface area contributed by atoms with E-state index in [0.29, 0.717) is 11.3 Å². The van der Waals surface area contributed by atoms with Gasteiger partial charge in [-0.1, -0.05) is 6.07 Å². The Hall–Kier alpha value is -2.90. The summed E-state index contributed by atoms with van der Waals surface area (Å²) in [4.78, 5) is 24.5. The van der Waals surface area contributed by atoms with Gasteiger partial charge in [-0.3, -0.25) is 10.1 Å². The minimum atomic E-state index is -1.22. The Labute approximate surface area is 106 Å². The summed E-state index contributed by atoms with van der Waals surface area (Å²) >= 11 is 0. The fraction of sp³-hybridized carbons (Fsp3) is 0.0909. The fourth-order valence-electron chi connectivity index (χ4n) is 1.44. The number of nitro groups is 1. The number of aryl methyl sites for hydroxylation is 1. The van der Waals surface area contributed by atoms with Crippen LogP contribution in [0.2, 0.25) is 0 Å². The van der Waals surface area contributed by atoms with Gasteiger partial charge in [-0.05, 0) is 13.0 Å². The molecule has 19 heavy (non-hydrogen) atoms. The zero-order chi connectivity index (χ0) is 14.0.